The normalized spacial score (nSPS) is 17.3. The highest BCUT2D eigenvalue weighted by Gasteiger charge is 2.34. The summed E-state index contributed by atoms with van der Waals surface area (Å²) in [4.78, 5) is 27.0. The monoisotopic (exact) mass is 436 g/mol. The molecule has 2 aliphatic rings. The predicted molar refractivity (Wildman–Crippen MR) is 116 cm³/mol. The third-order valence-corrected chi connectivity index (χ3v) is 6.29. The second-order valence-electron chi connectivity index (χ2n) is 7.72. The van der Waals surface area contributed by atoms with Crippen LogP contribution in [0.3, 0.4) is 0 Å². The van der Waals surface area contributed by atoms with E-state index in [1.807, 2.05) is 26.0 Å². The summed E-state index contributed by atoms with van der Waals surface area (Å²) in [6.45, 7) is 4.74. The smallest absolute Gasteiger partial charge is 0.257 e. The first-order valence-electron chi connectivity index (χ1n) is 9.89. The number of nitrogens with zero attached hydrogens (tertiary/aromatic N) is 3. The van der Waals surface area contributed by atoms with Gasteiger partial charge in [-0.15, -0.1) is 10.2 Å². The lowest BCUT2D eigenvalue weighted by atomic mass is 10.1. The van der Waals surface area contributed by atoms with E-state index >= 15 is 0 Å². The van der Waals surface area contributed by atoms with Crippen molar-refractivity contribution in [2.24, 2.45) is 0 Å². The second kappa shape index (κ2) is 7.66. The fraction of sp³-hybridized carbons (Fsp3) is 0.273. The molecule has 3 heterocycles. The molecule has 2 aliphatic heterocycles. The minimum atomic E-state index is -0.305. The zero-order valence-corrected chi connectivity index (χ0v) is 17.9. The zero-order valence-electron chi connectivity index (χ0n) is 17.0. The molecule has 1 N–H and O–H groups in total. The van der Waals surface area contributed by atoms with E-state index in [1.165, 1.54) is 11.3 Å². The summed E-state index contributed by atoms with van der Waals surface area (Å²) < 4.78 is 10.6. The van der Waals surface area contributed by atoms with Crippen LogP contribution >= 0.6 is 11.3 Å². The molecular weight excluding hydrogens is 416 g/mol. The van der Waals surface area contributed by atoms with Crippen molar-refractivity contribution in [3.63, 3.8) is 0 Å². The van der Waals surface area contributed by atoms with E-state index in [2.05, 4.69) is 21.6 Å². The highest BCUT2D eigenvalue weighted by atomic mass is 32.1. The molecule has 8 nitrogen and oxygen atoms in total. The van der Waals surface area contributed by atoms with Crippen LogP contribution in [-0.2, 0) is 4.79 Å². The van der Waals surface area contributed by atoms with Crippen LogP contribution in [0.25, 0.3) is 0 Å². The molecule has 0 aliphatic carbocycles. The summed E-state index contributed by atoms with van der Waals surface area (Å²) in [7, 11) is 0. The Balaban J connectivity index is 1.28. The maximum Gasteiger partial charge on any atom is 0.257 e. The van der Waals surface area contributed by atoms with Crippen LogP contribution in [0, 0.1) is 13.8 Å². The highest BCUT2D eigenvalue weighted by Crippen LogP contribution is 2.36. The summed E-state index contributed by atoms with van der Waals surface area (Å²) in [6, 6.07) is 11.1. The number of amides is 2. The Hall–Kier alpha value is -3.46. The number of ether oxygens (including phenoxy) is 2. The number of carbonyl (C=O) groups excluding carboxylic acids is 2. The van der Waals surface area contributed by atoms with E-state index in [9.17, 15) is 9.59 Å². The lowest BCUT2D eigenvalue weighted by Gasteiger charge is -2.17. The number of hydrogen-bond donors (Lipinski definition) is 1. The molecule has 3 aromatic rings. The van der Waals surface area contributed by atoms with Crippen LogP contribution in [0.2, 0.25) is 0 Å². The van der Waals surface area contributed by atoms with Gasteiger partial charge >= 0.3 is 0 Å². The summed E-state index contributed by atoms with van der Waals surface area (Å²) >= 11 is 1.30. The van der Waals surface area contributed by atoms with E-state index < -0.39 is 0 Å². The van der Waals surface area contributed by atoms with E-state index in [0.717, 1.165) is 21.8 Å². The molecule has 0 radical (unpaired) electrons. The van der Waals surface area contributed by atoms with Crippen molar-refractivity contribution in [3.8, 4) is 11.5 Å². The van der Waals surface area contributed by atoms with Crippen LogP contribution in [0.1, 0.15) is 38.8 Å². The fourth-order valence-corrected chi connectivity index (χ4v) is 4.72. The molecule has 9 heteroatoms. The number of nitrogens with one attached hydrogen (secondary N) is 1. The molecule has 31 heavy (non-hydrogen) atoms. The Morgan fingerprint density at radius 3 is 2.68 bits per heavy atom. The zero-order chi connectivity index (χ0) is 21.5. The lowest BCUT2D eigenvalue weighted by Crippen LogP contribution is -2.24. The fourth-order valence-electron chi connectivity index (χ4n) is 3.89. The molecule has 1 fully saturated rings. The number of benzene rings is 2. The minimum Gasteiger partial charge on any atom is -0.454 e. The first-order chi connectivity index (χ1) is 15.0. The number of hydrogen-bond acceptors (Lipinski definition) is 7. The molecule has 1 saturated heterocycles. The third kappa shape index (κ3) is 3.84. The van der Waals surface area contributed by atoms with E-state index in [4.69, 9.17) is 9.47 Å². The van der Waals surface area contributed by atoms with Crippen LogP contribution in [0.15, 0.2) is 36.4 Å². The number of aryl methyl sites for hydroxylation is 2. The van der Waals surface area contributed by atoms with Gasteiger partial charge < -0.3 is 14.4 Å². The molecule has 0 bridgehead atoms. The minimum absolute atomic E-state index is 0.0537. The van der Waals surface area contributed by atoms with Gasteiger partial charge in [-0.05, 0) is 55.3 Å². The summed E-state index contributed by atoms with van der Waals surface area (Å²) in [5.74, 6) is 0.870. The number of anilines is 2. The Morgan fingerprint density at radius 2 is 1.87 bits per heavy atom. The second-order valence-corrected chi connectivity index (χ2v) is 8.73. The molecule has 1 atom stereocenters. The van der Waals surface area contributed by atoms with Gasteiger partial charge in [-0.2, -0.15) is 0 Å². The van der Waals surface area contributed by atoms with E-state index in [0.29, 0.717) is 35.2 Å². The standard InChI is InChI=1S/C22H20N4O4S/c1-12-5-13(2)7-16(6-12)26-10-15(9-19(26)27)21-24-25-22(31-21)23-20(28)14-3-4-17-18(8-14)30-11-29-17/h3-8,15H,9-11H2,1-2H3,(H,23,25,28). The van der Waals surface area contributed by atoms with Gasteiger partial charge in [0.25, 0.3) is 5.91 Å². The lowest BCUT2D eigenvalue weighted by molar-refractivity contribution is -0.117. The number of aromatic nitrogens is 2. The average molecular weight is 436 g/mol. The SMILES string of the molecule is Cc1cc(C)cc(N2CC(c3nnc(NC(=O)c4ccc5c(c4)OCO5)s3)CC2=O)c1. The van der Waals surface area contributed by atoms with Crippen LogP contribution in [0.5, 0.6) is 11.5 Å². The topological polar surface area (TPSA) is 93.7 Å². The molecule has 1 unspecified atom stereocenters. The number of rotatable bonds is 4. The van der Waals surface area contributed by atoms with Crippen LogP contribution < -0.4 is 19.7 Å². The maximum atomic E-state index is 12.6. The van der Waals surface area contributed by atoms with Gasteiger partial charge in [0.1, 0.15) is 5.01 Å². The maximum absolute atomic E-state index is 12.6. The van der Waals surface area contributed by atoms with Gasteiger partial charge in [0, 0.05) is 30.1 Å². The van der Waals surface area contributed by atoms with Crippen molar-refractivity contribution in [1.29, 1.82) is 0 Å². The first kappa shape index (κ1) is 19.5. The first-order valence-corrected chi connectivity index (χ1v) is 10.7. The molecule has 158 valence electrons. The van der Waals surface area contributed by atoms with Gasteiger partial charge in [0.05, 0.1) is 0 Å². The molecule has 2 aromatic carbocycles. The third-order valence-electron chi connectivity index (χ3n) is 5.29. The van der Waals surface area contributed by atoms with Gasteiger partial charge in [-0.25, -0.2) is 0 Å². The van der Waals surface area contributed by atoms with Crippen LogP contribution in [-0.4, -0.2) is 35.3 Å². The summed E-state index contributed by atoms with van der Waals surface area (Å²) in [5.41, 5.74) is 3.59. The van der Waals surface area contributed by atoms with Gasteiger partial charge in [-0.3, -0.25) is 14.9 Å². The van der Waals surface area contributed by atoms with Gasteiger partial charge in [-0.1, -0.05) is 17.4 Å². The highest BCUT2D eigenvalue weighted by molar-refractivity contribution is 7.15. The van der Waals surface area contributed by atoms with Crippen LogP contribution in [0.4, 0.5) is 10.8 Å². The van der Waals surface area contributed by atoms with Crippen molar-refractivity contribution in [1.82, 2.24) is 10.2 Å². The number of fused-ring (bicyclic) bond motifs is 1. The molecule has 2 amide bonds. The van der Waals surface area contributed by atoms with Gasteiger partial charge in [0.2, 0.25) is 17.8 Å². The summed E-state index contributed by atoms with van der Waals surface area (Å²) in [5, 5.41) is 12.2. The quantitative estimate of drug-likeness (QED) is 0.671. The van der Waals surface area contributed by atoms with Gasteiger partial charge in [0.15, 0.2) is 11.5 Å². The molecule has 0 saturated carbocycles. The molecular formula is C22H20N4O4S. The molecule has 1 aromatic heterocycles. The van der Waals surface area contributed by atoms with E-state index in [1.54, 1.807) is 23.1 Å². The Bertz CT molecular complexity index is 1170. The summed E-state index contributed by atoms with van der Waals surface area (Å²) in [6.07, 6.45) is 0.373. The Kier molecular flexibility index (Phi) is 4.82. The van der Waals surface area contributed by atoms with Crippen molar-refractivity contribution in [2.75, 3.05) is 23.6 Å². The van der Waals surface area contributed by atoms with Crippen molar-refractivity contribution in [3.05, 3.63) is 58.1 Å². The average Bonchev–Trinajstić information content (AvgIpc) is 3.45. The largest absolute Gasteiger partial charge is 0.454 e. The predicted octanol–water partition coefficient (Wildman–Crippen LogP) is 3.66. The Labute approximate surface area is 182 Å². The van der Waals surface area contributed by atoms with Crippen molar-refractivity contribution < 1.29 is 19.1 Å². The Morgan fingerprint density at radius 1 is 1.10 bits per heavy atom. The molecule has 5 rings (SSSR count). The van der Waals surface area contributed by atoms with Crippen molar-refractivity contribution >= 4 is 34.0 Å². The van der Waals surface area contributed by atoms with E-state index in [-0.39, 0.29) is 24.5 Å². The molecule has 0 spiro atoms. The number of carbonyl (C=O) groups is 2. The van der Waals surface area contributed by atoms with Crippen molar-refractivity contribution in [2.45, 2.75) is 26.2 Å².